The van der Waals surface area contributed by atoms with E-state index in [0.29, 0.717) is 42.4 Å². The molecule has 1 amide bonds. The Kier molecular flexibility index (Phi) is 7.72. The molecule has 1 spiro atoms. The van der Waals surface area contributed by atoms with Gasteiger partial charge in [-0.1, -0.05) is 6.92 Å². The third kappa shape index (κ3) is 4.77. The number of rotatable bonds is 8. The zero-order chi connectivity index (χ0) is 22.4. The monoisotopic (exact) mass is 435 g/mol. The molecule has 9 heteroatoms. The number of carbonyl (C=O) groups excluding carboxylic acids is 1. The van der Waals surface area contributed by atoms with Crippen molar-refractivity contribution in [1.82, 2.24) is 15.2 Å². The SMILES string of the molecule is CCCC(=O)NC[C@H]1[C@H]2CN(Cc3nccc(OC)c3OC)C[C@]23CC[C@H]1O3.O=CO. The number of carboxylic acid groups (broad SMARTS) is 1. The molecular weight excluding hydrogens is 402 g/mol. The standard InChI is InChI=1S/C21H31N3O4.CH2O2/c1-4-5-19(25)23-10-14-15-11-24(13-21(15)8-6-17(14)28-21)12-16-20(27-3)18(26-2)7-9-22-16;2-1-3/h7,9,14-15,17H,4-6,8,10-13H2,1-3H3,(H,23,25);1H,(H,2,3)/t14-,15+,17+,21+;/m0./s1. The number of fused-ring (bicyclic) bond motifs is 1. The van der Waals surface area contributed by atoms with Crippen LogP contribution < -0.4 is 14.8 Å². The number of hydrogen-bond acceptors (Lipinski definition) is 7. The summed E-state index contributed by atoms with van der Waals surface area (Å²) in [5, 5.41) is 10.0. The maximum Gasteiger partial charge on any atom is 0.290 e. The lowest BCUT2D eigenvalue weighted by molar-refractivity contribution is -0.123. The smallest absolute Gasteiger partial charge is 0.290 e. The predicted molar refractivity (Wildman–Crippen MR) is 113 cm³/mol. The third-order valence-electron chi connectivity index (χ3n) is 6.61. The molecule has 2 N–H and O–H groups in total. The zero-order valence-corrected chi connectivity index (χ0v) is 18.5. The van der Waals surface area contributed by atoms with Crippen LogP contribution in [0.2, 0.25) is 0 Å². The molecule has 1 aromatic heterocycles. The number of carbonyl (C=O) groups is 2. The number of aromatic nitrogens is 1. The molecule has 0 aliphatic carbocycles. The van der Waals surface area contributed by atoms with Gasteiger partial charge in [0.25, 0.3) is 6.47 Å². The van der Waals surface area contributed by atoms with Crippen LogP contribution in [0.3, 0.4) is 0 Å². The van der Waals surface area contributed by atoms with Crippen LogP contribution in [0, 0.1) is 11.8 Å². The molecule has 0 unspecified atom stereocenters. The van der Waals surface area contributed by atoms with Crippen molar-refractivity contribution in [2.75, 3.05) is 33.9 Å². The van der Waals surface area contributed by atoms with E-state index in [2.05, 4.69) is 15.2 Å². The van der Waals surface area contributed by atoms with E-state index < -0.39 is 0 Å². The van der Waals surface area contributed by atoms with Gasteiger partial charge in [-0.25, -0.2) is 0 Å². The minimum atomic E-state index is -0.250. The van der Waals surface area contributed by atoms with Crippen LogP contribution in [0.15, 0.2) is 12.3 Å². The van der Waals surface area contributed by atoms with Gasteiger partial charge in [-0.15, -0.1) is 0 Å². The number of nitrogens with one attached hydrogen (secondary N) is 1. The van der Waals surface area contributed by atoms with Gasteiger partial charge < -0.3 is 24.6 Å². The first-order chi connectivity index (χ1) is 15.0. The molecule has 4 atom stereocenters. The molecule has 3 saturated heterocycles. The van der Waals surface area contributed by atoms with Crippen molar-refractivity contribution in [1.29, 1.82) is 0 Å². The molecule has 3 aliphatic rings. The van der Waals surface area contributed by atoms with Crippen molar-refractivity contribution >= 4 is 12.4 Å². The van der Waals surface area contributed by atoms with E-state index in [1.54, 1.807) is 20.4 Å². The molecule has 3 fully saturated rings. The van der Waals surface area contributed by atoms with E-state index in [-0.39, 0.29) is 18.0 Å². The van der Waals surface area contributed by atoms with Gasteiger partial charge in [0.15, 0.2) is 11.5 Å². The van der Waals surface area contributed by atoms with E-state index in [1.165, 1.54) is 0 Å². The highest BCUT2D eigenvalue weighted by Gasteiger charge is 2.62. The number of amides is 1. The first-order valence-electron chi connectivity index (χ1n) is 10.8. The molecule has 4 rings (SSSR count). The van der Waals surface area contributed by atoms with Crippen molar-refractivity contribution in [2.45, 2.75) is 50.9 Å². The summed E-state index contributed by atoms with van der Waals surface area (Å²) in [6, 6.07) is 1.82. The lowest BCUT2D eigenvalue weighted by Crippen LogP contribution is -2.41. The fourth-order valence-electron chi connectivity index (χ4n) is 5.40. The fraction of sp³-hybridized carbons (Fsp3) is 0.682. The van der Waals surface area contributed by atoms with E-state index in [1.807, 2.05) is 13.0 Å². The van der Waals surface area contributed by atoms with Crippen LogP contribution in [0.5, 0.6) is 11.5 Å². The summed E-state index contributed by atoms with van der Waals surface area (Å²) in [5.74, 6) is 2.43. The van der Waals surface area contributed by atoms with Crippen LogP contribution in [-0.4, -0.2) is 72.9 Å². The van der Waals surface area contributed by atoms with Crippen LogP contribution in [0.1, 0.15) is 38.3 Å². The van der Waals surface area contributed by atoms with Crippen LogP contribution in [0.25, 0.3) is 0 Å². The number of ether oxygens (including phenoxy) is 3. The summed E-state index contributed by atoms with van der Waals surface area (Å²) < 4.78 is 17.4. The minimum Gasteiger partial charge on any atom is -0.493 e. The first kappa shape index (κ1) is 23.3. The van der Waals surface area contributed by atoms with Crippen molar-refractivity contribution < 1.29 is 28.9 Å². The Morgan fingerprint density at radius 2 is 2.23 bits per heavy atom. The summed E-state index contributed by atoms with van der Waals surface area (Å²) in [6.07, 6.45) is 5.74. The molecule has 4 heterocycles. The number of likely N-dealkylation sites (tertiary alicyclic amines) is 1. The summed E-state index contributed by atoms with van der Waals surface area (Å²) in [7, 11) is 3.30. The van der Waals surface area contributed by atoms with Crippen LogP contribution in [0.4, 0.5) is 0 Å². The Labute approximate surface area is 183 Å². The molecule has 9 nitrogen and oxygen atoms in total. The summed E-state index contributed by atoms with van der Waals surface area (Å²) in [4.78, 5) is 27.2. The molecule has 0 saturated carbocycles. The van der Waals surface area contributed by atoms with Gasteiger partial charge in [-0.05, 0) is 19.3 Å². The highest BCUT2D eigenvalue weighted by molar-refractivity contribution is 5.75. The molecule has 1 aromatic rings. The van der Waals surface area contributed by atoms with Gasteiger partial charge in [-0.2, -0.15) is 0 Å². The highest BCUT2D eigenvalue weighted by atomic mass is 16.5. The van der Waals surface area contributed by atoms with E-state index in [9.17, 15) is 4.79 Å². The quantitative estimate of drug-likeness (QED) is 0.594. The van der Waals surface area contributed by atoms with Gasteiger partial charge in [0.1, 0.15) is 5.69 Å². The summed E-state index contributed by atoms with van der Waals surface area (Å²) in [5.41, 5.74) is 0.831. The molecular formula is C22H33N3O6. The van der Waals surface area contributed by atoms with Gasteiger partial charge in [0.2, 0.25) is 5.91 Å². The van der Waals surface area contributed by atoms with E-state index >= 15 is 0 Å². The fourth-order valence-corrected chi connectivity index (χ4v) is 5.40. The second-order valence-corrected chi connectivity index (χ2v) is 8.35. The Morgan fingerprint density at radius 1 is 1.45 bits per heavy atom. The maximum absolute atomic E-state index is 11.9. The number of pyridine rings is 1. The van der Waals surface area contributed by atoms with E-state index in [0.717, 1.165) is 44.6 Å². The Bertz CT molecular complexity index is 776. The second kappa shape index (κ2) is 10.3. The van der Waals surface area contributed by atoms with Crippen molar-refractivity contribution in [2.24, 2.45) is 11.8 Å². The molecule has 0 aromatic carbocycles. The number of methoxy groups -OCH3 is 2. The normalized spacial score (nSPS) is 28.4. The molecule has 3 aliphatic heterocycles. The second-order valence-electron chi connectivity index (χ2n) is 8.35. The maximum atomic E-state index is 11.9. The highest BCUT2D eigenvalue weighted by Crippen LogP contribution is 2.55. The Hall–Kier alpha value is -2.39. The van der Waals surface area contributed by atoms with Gasteiger partial charge in [-0.3, -0.25) is 19.5 Å². The van der Waals surface area contributed by atoms with Gasteiger partial charge >= 0.3 is 0 Å². The lowest BCUT2D eigenvalue weighted by Gasteiger charge is -2.29. The van der Waals surface area contributed by atoms with E-state index in [4.69, 9.17) is 24.1 Å². The van der Waals surface area contributed by atoms with Crippen LogP contribution in [-0.2, 0) is 20.9 Å². The number of nitrogens with zero attached hydrogens (tertiary/aromatic N) is 2. The topological polar surface area (TPSA) is 110 Å². The minimum absolute atomic E-state index is 0.0586. The lowest BCUT2D eigenvalue weighted by atomic mass is 9.73. The first-order valence-corrected chi connectivity index (χ1v) is 10.8. The summed E-state index contributed by atoms with van der Waals surface area (Å²) >= 11 is 0. The van der Waals surface area contributed by atoms with Crippen molar-refractivity contribution in [3.63, 3.8) is 0 Å². The van der Waals surface area contributed by atoms with Gasteiger partial charge in [0.05, 0.1) is 25.9 Å². The molecule has 2 bridgehead atoms. The predicted octanol–water partition coefficient (Wildman–Crippen LogP) is 1.70. The zero-order valence-electron chi connectivity index (χ0n) is 18.5. The molecule has 0 radical (unpaired) electrons. The molecule has 31 heavy (non-hydrogen) atoms. The average Bonchev–Trinajstić information content (AvgIpc) is 3.41. The summed E-state index contributed by atoms with van der Waals surface area (Å²) in [6.45, 7) is 5.10. The van der Waals surface area contributed by atoms with Gasteiger partial charge in [0, 0.05) is 56.7 Å². The Morgan fingerprint density at radius 3 is 2.90 bits per heavy atom. The van der Waals surface area contributed by atoms with Crippen molar-refractivity contribution in [3.05, 3.63) is 18.0 Å². The van der Waals surface area contributed by atoms with Crippen molar-refractivity contribution in [3.8, 4) is 11.5 Å². The van der Waals surface area contributed by atoms with Crippen LogP contribution >= 0.6 is 0 Å². The Balaban J connectivity index is 0.000000858. The molecule has 172 valence electrons. The number of hydrogen-bond donors (Lipinski definition) is 2. The average molecular weight is 436 g/mol. The largest absolute Gasteiger partial charge is 0.493 e. The third-order valence-corrected chi connectivity index (χ3v) is 6.61.